The van der Waals surface area contributed by atoms with Crippen molar-refractivity contribution in [2.75, 3.05) is 19.7 Å². The van der Waals surface area contributed by atoms with E-state index in [4.69, 9.17) is 11.6 Å². The molecule has 0 atom stereocenters. The highest BCUT2D eigenvalue weighted by Gasteiger charge is 2.34. The fourth-order valence-electron chi connectivity index (χ4n) is 3.65. The Morgan fingerprint density at radius 1 is 1.29 bits per heavy atom. The van der Waals surface area contributed by atoms with E-state index in [0.717, 1.165) is 0 Å². The van der Waals surface area contributed by atoms with Crippen molar-refractivity contribution in [3.05, 3.63) is 63.7 Å². The lowest BCUT2D eigenvalue weighted by atomic mass is 9.89. The normalized spacial score (nSPS) is 15.6. The van der Waals surface area contributed by atoms with Gasteiger partial charge < -0.3 is 15.7 Å². The van der Waals surface area contributed by atoms with Crippen molar-refractivity contribution in [2.24, 2.45) is 7.05 Å². The van der Waals surface area contributed by atoms with Crippen molar-refractivity contribution < 1.29 is 9.90 Å². The second-order valence-electron chi connectivity index (χ2n) is 7.68. The number of hydrogen-bond donors (Lipinski definition) is 3. The van der Waals surface area contributed by atoms with E-state index in [1.807, 2.05) is 0 Å². The summed E-state index contributed by atoms with van der Waals surface area (Å²) in [7, 11) is 1.73. The van der Waals surface area contributed by atoms with E-state index < -0.39 is 17.0 Å². The average molecular weight is 443 g/mol. The van der Waals surface area contributed by atoms with Gasteiger partial charge >= 0.3 is 0 Å². The quantitative estimate of drug-likeness (QED) is 0.545. The van der Waals surface area contributed by atoms with Crippen molar-refractivity contribution in [1.82, 2.24) is 30.2 Å². The second-order valence-corrected chi connectivity index (χ2v) is 8.12. The molecule has 1 aliphatic rings. The predicted molar refractivity (Wildman–Crippen MR) is 116 cm³/mol. The summed E-state index contributed by atoms with van der Waals surface area (Å²) in [5.41, 5.74) is 0.192. The molecule has 0 aliphatic carbocycles. The Bertz CT molecular complexity index is 1150. The van der Waals surface area contributed by atoms with Crippen molar-refractivity contribution in [3.8, 4) is 16.9 Å². The van der Waals surface area contributed by atoms with Gasteiger partial charge in [-0.3, -0.25) is 14.3 Å². The third kappa shape index (κ3) is 4.39. The molecule has 31 heavy (non-hydrogen) atoms. The SMILES string of the molecule is Cn1cc(-n2nc(-c3ccc(Cl)cc3)cc(C(=O)NC3(CO)CCNCC3)c2=O)cn1. The monoisotopic (exact) mass is 442 g/mol. The Morgan fingerprint density at radius 2 is 2.00 bits per heavy atom. The number of aliphatic hydroxyl groups excluding tert-OH is 1. The molecule has 1 aromatic carbocycles. The molecule has 1 fully saturated rings. The van der Waals surface area contributed by atoms with Crippen LogP contribution in [0.25, 0.3) is 16.9 Å². The molecule has 1 amide bonds. The van der Waals surface area contributed by atoms with Gasteiger partial charge in [0, 0.05) is 17.6 Å². The van der Waals surface area contributed by atoms with Crippen LogP contribution in [0.5, 0.6) is 0 Å². The molecule has 4 rings (SSSR count). The molecule has 10 heteroatoms. The van der Waals surface area contributed by atoms with E-state index in [1.54, 1.807) is 42.2 Å². The summed E-state index contributed by atoms with van der Waals surface area (Å²) in [6.07, 6.45) is 4.29. The molecule has 162 valence electrons. The highest BCUT2D eigenvalue weighted by molar-refractivity contribution is 6.30. The van der Waals surface area contributed by atoms with Crippen LogP contribution in [0.4, 0.5) is 0 Å². The zero-order valence-corrected chi connectivity index (χ0v) is 17.8. The largest absolute Gasteiger partial charge is 0.394 e. The number of nitrogens with one attached hydrogen (secondary N) is 2. The van der Waals surface area contributed by atoms with Gasteiger partial charge in [-0.1, -0.05) is 23.7 Å². The van der Waals surface area contributed by atoms with Gasteiger partial charge in [0.25, 0.3) is 11.5 Å². The number of benzene rings is 1. The Labute approximate surface area is 183 Å². The molecule has 3 N–H and O–H groups in total. The minimum atomic E-state index is -0.766. The van der Waals surface area contributed by atoms with Crippen molar-refractivity contribution in [3.63, 3.8) is 0 Å². The highest BCUT2D eigenvalue weighted by Crippen LogP contribution is 2.22. The number of hydrogen-bond acceptors (Lipinski definition) is 6. The Hall–Kier alpha value is -3.01. The second kappa shape index (κ2) is 8.62. The van der Waals surface area contributed by atoms with Gasteiger partial charge in [0.1, 0.15) is 11.3 Å². The van der Waals surface area contributed by atoms with Crippen LogP contribution in [0.1, 0.15) is 23.2 Å². The molecular weight excluding hydrogens is 420 g/mol. The van der Waals surface area contributed by atoms with Crippen LogP contribution in [-0.4, -0.2) is 55.8 Å². The molecule has 0 unspecified atom stereocenters. The summed E-state index contributed by atoms with van der Waals surface area (Å²) in [4.78, 5) is 26.4. The van der Waals surface area contributed by atoms with Crippen LogP contribution >= 0.6 is 11.6 Å². The first-order valence-electron chi connectivity index (χ1n) is 9.94. The number of aromatic nitrogens is 4. The van der Waals surface area contributed by atoms with Gasteiger partial charge in [-0.05, 0) is 44.1 Å². The van der Waals surface area contributed by atoms with E-state index in [2.05, 4.69) is 20.8 Å². The van der Waals surface area contributed by atoms with E-state index >= 15 is 0 Å². The summed E-state index contributed by atoms with van der Waals surface area (Å²) in [5, 5.41) is 25.2. The molecule has 0 radical (unpaired) electrons. The Balaban J connectivity index is 1.80. The lowest BCUT2D eigenvalue weighted by molar-refractivity contribution is 0.0772. The van der Waals surface area contributed by atoms with E-state index in [1.165, 1.54) is 16.9 Å². The number of carbonyl (C=O) groups excluding carboxylic acids is 1. The first-order valence-corrected chi connectivity index (χ1v) is 10.3. The fraction of sp³-hybridized carbons (Fsp3) is 0.333. The highest BCUT2D eigenvalue weighted by atomic mass is 35.5. The number of piperidine rings is 1. The van der Waals surface area contributed by atoms with Crippen LogP contribution in [0.15, 0.2) is 47.5 Å². The van der Waals surface area contributed by atoms with E-state index in [-0.39, 0.29) is 12.2 Å². The maximum Gasteiger partial charge on any atom is 0.284 e. The Morgan fingerprint density at radius 3 is 2.61 bits per heavy atom. The zero-order chi connectivity index (χ0) is 22.0. The van der Waals surface area contributed by atoms with Gasteiger partial charge in [-0.2, -0.15) is 14.9 Å². The topological polar surface area (TPSA) is 114 Å². The third-order valence-electron chi connectivity index (χ3n) is 5.47. The smallest absolute Gasteiger partial charge is 0.284 e. The molecule has 0 bridgehead atoms. The molecule has 3 aromatic rings. The van der Waals surface area contributed by atoms with Crippen molar-refractivity contribution in [1.29, 1.82) is 0 Å². The van der Waals surface area contributed by atoms with E-state index in [9.17, 15) is 14.7 Å². The van der Waals surface area contributed by atoms with Crippen LogP contribution in [-0.2, 0) is 7.05 Å². The van der Waals surface area contributed by atoms with Crippen LogP contribution in [0.2, 0.25) is 5.02 Å². The molecule has 0 spiro atoms. The molecule has 1 aliphatic heterocycles. The molecule has 2 aromatic heterocycles. The summed E-state index contributed by atoms with van der Waals surface area (Å²) in [6.45, 7) is 1.15. The summed E-state index contributed by atoms with van der Waals surface area (Å²) < 4.78 is 2.72. The third-order valence-corrected chi connectivity index (χ3v) is 5.73. The van der Waals surface area contributed by atoms with Gasteiger partial charge in [0.05, 0.1) is 30.2 Å². The van der Waals surface area contributed by atoms with Crippen LogP contribution < -0.4 is 16.2 Å². The summed E-state index contributed by atoms with van der Waals surface area (Å²) >= 11 is 6.00. The van der Waals surface area contributed by atoms with Gasteiger partial charge in [0.2, 0.25) is 0 Å². The number of carbonyl (C=O) groups is 1. The summed E-state index contributed by atoms with van der Waals surface area (Å²) in [6, 6.07) is 8.44. The van der Waals surface area contributed by atoms with Crippen LogP contribution in [0.3, 0.4) is 0 Å². The number of aryl methyl sites for hydroxylation is 1. The number of halogens is 1. The molecule has 9 nitrogen and oxygen atoms in total. The van der Waals surface area contributed by atoms with Crippen molar-refractivity contribution in [2.45, 2.75) is 18.4 Å². The van der Waals surface area contributed by atoms with Crippen LogP contribution in [0, 0.1) is 0 Å². The fourth-order valence-corrected chi connectivity index (χ4v) is 3.77. The molecule has 3 heterocycles. The van der Waals surface area contributed by atoms with Crippen molar-refractivity contribution >= 4 is 17.5 Å². The first-order chi connectivity index (χ1) is 14.9. The minimum absolute atomic E-state index is 0.0600. The summed E-state index contributed by atoms with van der Waals surface area (Å²) in [5.74, 6) is -0.545. The maximum absolute atomic E-state index is 13.2. The minimum Gasteiger partial charge on any atom is -0.394 e. The Kier molecular flexibility index (Phi) is 5.90. The maximum atomic E-state index is 13.2. The predicted octanol–water partition coefficient (Wildman–Crippen LogP) is 1.13. The standard InChI is InChI=1S/C21H23ClN6O3/c1-27-12-16(11-24-27)28-20(31)17(10-18(26-28)14-2-4-15(22)5-3-14)19(30)25-21(13-29)6-8-23-9-7-21/h2-5,10-12,23,29H,6-9,13H2,1H3,(H,25,30). The van der Waals surface area contributed by atoms with Gasteiger partial charge in [-0.15, -0.1) is 0 Å². The lowest BCUT2D eigenvalue weighted by Crippen LogP contribution is -2.57. The zero-order valence-electron chi connectivity index (χ0n) is 17.0. The number of rotatable bonds is 5. The molecule has 0 saturated carbocycles. The first kappa shape index (κ1) is 21.2. The number of amides is 1. The molecule has 1 saturated heterocycles. The molecular formula is C21H23ClN6O3. The van der Waals surface area contributed by atoms with Gasteiger partial charge in [-0.25, -0.2) is 0 Å². The number of nitrogens with zero attached hydrogens (tertiary/aromatic N) is 4. The van der Waals surface area contributed by atoms with E-state index in [0.29, 0.717) is 47.9 Å². The van der Waals surface area contributed by atoms with Gasteiger partial charge in [0.15, 0.2) is 0 Å². The lowest BCUT2D eigenvalue weighted by Gasteiger charge is -2.36. The number of aliphatic hydroxyl groups is 1. The average Bonchev–Trinajstić information content (AvgIpc) is 3.21.